The minimum atomic E-state index is -4.49. The Morgan fingerprint density at radius 3 is 2.35 bits per heavy atom. The molecule has 2 fully saturated rings. The number of carbonyl (C=O) groups is 2. The van der Waals surface area contributed by atoms with Gasteiger partial charge in [0.05, 0.1) is 34.4 Å². The third kappa shape index (κ3) is 5.89. The molecule has 0 bridgehead atoms. The minimum absolute atomic E-state index is 0.00710. The van der Waals surface area contributed by atoms with Crippen molar-refractivity contribution in [2.75, 3.05) is 50.2 Å². The highest BCUT2D eigenvalue weighted by atomic mass is 32.2. The molecule has 6 rings (SSSR count). The van der Waals surface area contributed by atoms with Crippen LogP contribution >= 0.6 is 0 Å². The molecule has 2 amide bonds. The lowest BCUT2D eigenvalue weighted by Crippen LogP contribution is -2.55. The maximum absolute atomic E-state index is 14.9. The first kappa shape index (κ1) is 33.4. The van der Waals surface area contributed by atoms with E-state index in [4.69, 9.17) is 9.47 Å². The Morgan fingerprint density at radius 2 is 1.71 bits per heavy atom. The third-order valence-corrected chi connectivity index (χ3v) is 11.2. The monoisotopic (exact) mass is 672 g/mol. The second-order valence-electron chi connectivity index (χ2n) is 12.5. The number of nitriles is 1. The summed E-state index contributed by atoms with van der Waals surface area (Å²) in [6, 6.07) is 17.8. The van der Waals surface area contributed by atoms with Gasteiger partial charge in [-0.1, -0.05) is 18.2 Å². The van der Waals surface area contributed by atoms with Crippen molar-refractivity contribution in [1.82, 2.24) is 19.7 Å². The van der Waals surface area contributed by atoms with E-state index >= 15 is 0 Å². The summed E-state index contributed by atoms with van der Waals surface area (Å²) in [5.74, 6) is -1.02. The van der Waals surface area contributed by atoms with Crippen LogP contribution in [0.5, 0.6) is 5.88 Å². The number of amides is 2. The molecule has 2 saturated heterocycles. The second-order valence-corrected chi connectivity index (χ2v) is 14.2. The van der Waals surface area contributed by atoms with Crippen molar-refractivity contribution in [3.63, 3.8) is 0 Å². The number of pyridine rings is 1. The first-order chi connectivity index (χ1) is 23.1. The number of fused-ring (bicyclic) bond motifs is 1. The molecular formula is C35H40N6O6S. The van der Waals surface area contributed by atoms with Crippen LogP contribution < -0.4 is 9.04 Å². The van der Waals surface area contributed by atoms with Gasteiger partial charge in [-0.05, 0) is 76.1 Å². The Labute approximate surface area is 281 Å². The van der Waals surface area contributed by atoms with Gasteiger partial charge >= 0.3 is 6.09 Å². The summed E-state index contributed by atoms with van der Waals surface area (Å²) < 4.78 is 41.1. The predicted octanol–water partition coefficient (Wildman–Crippen LogP) is 3.96. The lowest BCUT2D eigenvalue weighted by molar-refractivity contribution is -0.132. The number of hydrogen-bond acceptors (Lipinski definition) is 10. The van der Waals surface area contributed by atoms with E-state index < -0.39 is 27.6 Å². The Morgan fingerprint density at radius 1 is 1.00 bits per heavy atom. The molecule has 12 nitrogen and oxygen atoms in total. The molecule has 0 N–H and O–H groups in total. The van der Waals surface area contributed by atoms with E-state index in [-0.39, 0.29) is 39.8 Å². The first-order valence-corrected chi connectivity index (χ1v) is 17.8. The number of piperidine rings is 1. The molecule has 13 heteroatoms. The Kier molecular flexibility index (Phi) is 9.42. The molecule has 3 aromatic rings. The zero-order valence-corrected chi connectivity index (χ0v) is 28.2. The van der Waals surface area contributed by atoms with Crippen LogP contribution in [-0.4, -0.2) is 98.1 Å². The van der Waals surface area contributed by atoms with Gasteiger partial charge in [0.1, 0.15) is 0 Å². The smallest absolute Gasteiger partial charge is 0.411 e. The van der Waals surface area contributed by atoms with E-state index in [2.05, 4.69) is 34.7 Å². The van der Waals surface area contributed by atoms with Crippen LogP contribution in [0.4, 0.5) is 10.5 Å². The average molecular weight is 673 g/mol. The van der Waals surface area contributed by atoms with E-state index in [9.17, 15) is 23.3 Å². The highest BCUT2D eigenvalue weighted by Crippen LogP contribution is 2.51. The number of carbonyl (C=O) groups excluding carboxylic acids is 2. The van der Waals surface area contributed by atoms with Crippen LogP contribution in [0, 0.1) is 11.3 Å². The summed E-state index contributed by atoms with van der Waals surface area (Å²) >= 11 is 0. The minimum Gasteiger partial charge on any atom is -0.478 e. The van der Waals surface area contributed by atoms with E-state index in [0.717, 1.165) is 39.0 Å². The number of hydrogen-bond donors (Lipinski definition) is 0. The first-order valence-electron chi connectivity index (χ1n) is 16.4. The number of rotatable bonds is 8. The summed E-state index contributed by atoms with van der Waals surface area (Å²) in [6.45, 7) is 11.1. The topological polar surface area (TPSA) is 136 Å². The van der Waals surface area contributed by atoms with Crippen LogP contribution in [0.25, 0.3) is 0 Å². The Balaban J connectivity index is 1.38. The number of benzene rings is 2. The van der Waals surface area contributed by atoms with E-state index in [1.165, 1.54) is 42.6 Å². The number of piperazine rings is 1. The van der Waals surface area contributed by atoms with Gasteiger partial charge in [0.2, 0.25) is 5.88 Å². The zero-order valence-electron chi connectivity index (χ0n) is 27.4. The molecule has 3 aliphatic heterocycles. The van der Waals surface area contributed by atoms with Crippen LogP contribution in [0.1, 0.15) is 50.3 Å². The summed E-state index contributed by atoms with van der Waals surface area (Å²) in [5, 5.41) is 9.85. The predicted molar refractivity (Wildman–Crippen MR) is 178 cm³/mol. The summed E-state index contributed by atoms with van der Waals surface area (Å²) in [4.78, 5) is 39.8. The lowest BCUT2D eigenvalue weighted by Gasteiger charge is -2.43. The molecule has 48 heavy (non-hydrogen) atoms. The van der Waals surface area contributed by atoms with Crippen LogP contribution in [0.2, 0.25) is 0 Å². The second kappa shape index (κ2) is 13.5. The lowest BCUT2D eigenvalue weighted by atomic mass is 9.87. The van der Waals surface area contributed by atoms with Gasteiger partial charge in [-0.3, -0.25) is 14.6 Å². The molecule has 4 heterocycles. The van der Waals surface area contributed by atoms with E-state index in [0.29, 0.717) is 29.5 Å². The molecule has 1 atom stereocenters. The fourth-order valence-electron chi connectivity index (χ4n) is 6.92. The Hall–Kier alpha value is -4.51. The maximum Gasteiger partial charge on any atom is 0.411 e. The maximum atomic E-state index is 14.9. The molecular weight excluding hydrogens is 632 g/mol. The molecule has 252 valence electrons. The van der Waals surface area contributed by atoms with Crippen LogP contribution in [0.15, 0.2) is 71.8 Å². The van der Waals surface area contributed by atoms with Crippen molar-refractivity contribution in [2.24, 2.45) is 0 Å². The fraction of sp³-hybridized carbons (Fsp3) is 0.429. The van der Waals surface area contributed by atoms with Crippen molar-refractivity contribution in [3.05, 3.63) is 83.6 Å². The van der Waals surface area contributed by atoms with Crippen LogP contribution in [-0.2, 0) is 25.2 Å². The van der Waals surface area contributed by atoms with Crippen molar-refractivity contribution < 1.29 is 27.5 Å². The van der Waals surface area contributed by atoms with Gasteiger partial charge in [0.15, 0.2) is 0 Å². The van der Waals surface area contributed by atoms with Crippen molar-refractivity contribution >= 4 is 27.7 Å². The Bertz CT molecular complexity index is 1810. The van der Waals surface area contributed by atoms with E-state index in [1.807, 2.05) is 0 Å². The fourth-order valence-corrected chi connectivity index (χ4v) is 8.40. The number of likely N-dealkylation sites (tertiary alicyclic amines) is 1. The molecule has 0 radical (unpaired) electrons. The SMILES string of the molecule is CCOc1ncccc1C1(OC(=O)N2CCC(N3CCN(C(C)C)CC3)CC2)C(=O)N(S(=O)(=O)c2ccccc2)c2ccc(C#N)cc21. The number of sulfonamides is 1. The zero-order chi connectivity index (χ0) is 34.1. The summed E-state index contributed by atoms with van der Waals surface area (Å²) in [7, 11) is -4.49. The normalized spacial score (nSPS) is 20.9. The summed E-state index contributed by atoms with van der Waals surface area (Å²) in [5.41, 5.74) is -2.09. The number of nitrogens with zero attached hydrogens (tertiary/aromatic N) is 6. The molecule has 3 aliphatic rings. The number of ether oxygens (including phenoxy) is 2. The van der Waals surface area contributed by atoms with Gasteiger partial charge < -0.3 is 14.4 Å². The van der Waals surface area contributed by atoms with Gasteiger partial charge in [0, 0.05) is 63.1 Å². The third-order valence-electron chi connectivity index (χ3n) is 9.48. The average Bonchev–Trinajstić information content (AvgIpc) is 3.36. The van der Waals surface area contributed by atoms with Crippen molar-refractivity contribution in [2.45, 2.75) is 56.2 Å². The van der Waals surface area contributed by atoms with Gasteiger partial charge in [-0.15, -0.1) is 0 Å². The van der Waals surface area contributed by atoms with Gasteiger partial charge in [-0.25, -0.2) is 18.2 Å². The molecule has 1 unspecified atom stereocenters. The van der Waals surface area contributed by atoms with Crippen molar-refractivity contribution in [3.8, 4) is 11.9 Å². The van der Waals surface area contributed by atoms with Crippen LogP contribution in [0.3, 0.4) is 0 Å². The quantitative estimate of drug-likeness (QED) is 0.346. The van der Waals surface area contributed by atoms with Gasteiger partial charge in [0.25, 0.3) is 21.5 Å². The molecule has 0 spiro atoms. The summed E-state index contributed by atoms with van der Waals surface area (Å²) in [6.07, 6.45) is 2.17. The highest BCUT2D eigenvalue weighted by molar-refractivity contribution is 7.93. The number of anilines is 1. The standard InChI is InChI=1S/C35H40N6O6S/c1-4-46-32-29(11-8-16-37-32)35(47-34(43)40-17-14-27(15-18-40)39-21-19-38(20-22-39)25(2)3)30-23-26(24-36)12-13-31(30)41(33(35)42)48(44,45)28-9-6-5-7-10-28/h5-13,16,23,25,27H,4,14-15,17-22H2,1-3H3. The van der Waals surface area contributed by atoms with E-state index in [1.54, 1.807) is 36.1 Å². The molecule has 0 saturated carbocycles. The van der Waals surface area contributed by atoms with Gasteiger partial charge in [-0.2, -0.15) is 9.57 Å². The number of aromatic nitrogens is 1. The molecule has 0 aliphatic carbocycles. The highest BCUT2D eigenvalue weighted by Gasteiger charge is 2.61. The largest absolute Gasteiger partial charge is 0.478 e. The molecule has 1 aromatic heterocycles. The van der Waals surface area contributed by atoms with Crippen molar-refractivity contribution in [1.29, 1.82) is 5.26 Å². The molecule has 2 aromatic carbocycles.